The molecular formula is C22H17F4N5O2S. The van der Waals surface area contributed by atoms with Crippen LogP contribution < -0.4 is 5.32 Å². The molecule has 176 valence electrons. The van der Waals surface area contributed by atoms with Crippen LogP contribution in [-0.4, -0.2) is 31.4 Å². The van der Waals surface area contributed by atoms with E-state index in [0.29, 0.717) is 12.2 Å². The van der Waals surface area contributed by atoms with Gasteiger partial charge in [0.1, 0.15) is 17.2 Å². The van der Waals surface area contributed by atoms with E-state index in [4.69, 9.17) is 4.42 Å². The molecule has 0 saturated carbocycles. The molecule has 3 aromatic heterocycles. The average Bonchev–Trinajstić information content (AvgIpc) is 3.47. The van der Waals surface area contributed by atoms with Gasteiger partial charge >= 0.3 is 6.18 Å². The summed E-state index contributed by atoms with van der Waals surface area (Å²) in [6, 6.07) is 9.85. The number of anilines is 1. The van der Waals surface area contributed by atoms with Gasteiger partial charge < -0.3 is 9.73 Å². The second kappa shape index (κ2) is 10.1. The predicted octanol–water partition coefficient (Wildman–Crippen LogP) is 5.26. The zero-order valence-corrected chi connectivity index (χ0v) is 18.2. The normalized spacial score (nSPS) is 11.5. The average molecular weight is 491 g/mol. The van der Waals surface area contributed by atoms with Crippen LogP contribution in [0.5, 0.6) is 0 Å². The quantitative estimate of drug-likeness (QED) is 0.206. The van der Waals surface area contributed by atoms with Crippen molar-refractivity contribution < 1.29 is 26.8 Å². The molecule has 3 heterocycles. The lowest BCUT2D eigenvalue weighted by Crippen LogP contribution is -2.12. The molecule has 0 spiro atoms. The monoisotopic (exact) mass is 491 g/mol. The summed E-state index contributed by atoms with van der Waals surface area (Å²) in [6.07, 6.45) is -0.196. The van der Waals surface area contributed by atoms with Gasteiger partial charge in [0.15, 0.2) is 10.9 Å². The minimum absolute atomic E-state index is 0.00726. The molecule has 0 aliphatic rings. The molecule has 0 aliphatic heterocycles. The van der Waals surface area contributed by atoms with Gasteiger partial charge in [0, 0.05) is 18.4 Å². The maximum absolute atomic E-state index is 13.2. The SMILES string of the molecule is O=C(CCSc1nc(-c2ccco2)cc(C(F)(F)F)n1)Nc1cnn(Cc2ccc(F)cc2)c1. The smallest absolute Gasteiger partial charge is 0.433 e. The number of nitrogens with one attached hydrogen (secondary N) is 1. The van der Waals surface area contributed by atoms with Crippen molar-refractivity contribution in [2.24, 2.45) is 0 Å². The van der Waals surface area contributed by atoms with E-state index in [-0.39, 0.29) is 40.5 Å². The number of nitrogens with zero attached hydrogens (tertiary/aromatic N) is 4. The van der Waals surface area contributed by atoms with Crippen molar-refractivity contribution in [1.82, 2.24) is 19.7 Å². The summed E-state index contributed by atoms with van der Waals surface area (Å²) >= 11 is 0.933. The fourth-order valence-electron chi connectivity index (χ4n) is 2.94. The highest BCUT2D eigenvalue weighted by Gasteiger charge is 2.34. The number of carbonyl (C=O) groups is 1. The van der Waals surface area contributed by atoms with Crippen LogP contribution in [0.1, 0.15) is 17.7 Å². The molecule has 0 atom stereocenters. The van der Waals surface area contributed by atoms with Crippen LogP contribution >= 0.6 is 11.8 Å². The highest BCUT2D eigenvalue weighted by atomic mass is 32.2. The fourth-order valence-corrected chi connectivity index (χ4v) is 3.73. The summed E-state index contributed by atoms with van der Waals surface area (Å²) in [4.78, 5) is 19.9. The summed E-state index contributed by atoms with van der Waals surface area (Å²) in [5, 5.41) is 6.72. The number of halogens is 4. The Morgan fingerprint density at radius 1 is 1.15 bits per heavy atom. The van der Waals surface area contributed by atoms with Crippen LogP contribution in [0.15, 0.2) is 70.7 Å². The molecule has 0 bridgehead atoms. The lowest BCUT2D eigenvalue weighted by Gasteiger charge is -2.09. The minimum atomic E-state index is -4.65. The molecular weight excluding hydrogens is 474 g/mol. The Hall–Kier alpha value is -3.67. The molecule has 34 heavy (non-hydrogen) atoms. The Bertz CT molecular complexity index is 1260. The highest BCUT2D eigenvalue weighted by molar-refractivity contribution is 7.99. The molecule has 4 rings (SSSR count). The Balaban J connectivity index is 1.33. The van der Waals surface area contributed by atoms with E-state index in [1.165, 1.54) is 30.7 Å². The second-order valence-corrected chi connectivity index (χ2v) is 8.16. The second-order valence-electron chi connectivity index (χ2n) is 7.10. The molecule has 0 unspecified atom stereocenters. The first kappa shape index (κ1) is 23.5. The number of alkyl halides is 3. The van der Waals surface area contributed by atoms with Crippen molar-refractivity contribution in [3.8, 4) is 11.5 Å². The lowest BCUT2D eigenvalue weighted by molar-refractivity contribution is -0.141. The van der Waals surface area contributed by atoms with Crippen molar-refractivity contribution in [3.05, 3.63) is 78.2 Å². The molecule has 0 saturated heterocycles. The van der Waals surface area contributed by atoms with E-state index in [9.17, 15) is 22.4 Å². The summed E-state index contributed by atoms with van der Waals surface area (Å²) in [7, 11) is 0. The Kier molecular flexibility index (Phi) is 6.96. The summed E-state index contributed by atoms with van der Waals surface area (Å²) in [5.41, 5.74) is 0.226. The van der Waals surface area contributed by atoms with Gasteiger partial charge in [-0.25, -0.2) is 14.4 Å². The van der Waals surface area contributed by atoms with Crippen LogP contribution in [0.4, 0.5) is 23.2 Å². The Morgan fingerprint density at radius 3 is 2.65 bits per heavy atom. The van der Waals surface area contributed by atoms with Gasteiger partial charge in [0.25, 0.3) is 0 Å². The maximum Gasteiger partial charge on any atom is 0.433 e. The third-order valence-corrected chi connectivity index (χ3v) is 5.35. The van der Waals surface area contributed by atoms with Gasteiger partial charge in [0.2, 0.25) is 5.91 Å². The topological polar surface area (TPSA) is 85.8 Å². The number of amides is 1. The lowest BCUT2D eigenvalue weighted by atomic mass is 10.2. The van der Waals surface area contributed by atoms with Gasteiger partial charge in [-0.3, -0.25) is 9.48 Å². The van der Waals surface area contributed by atoms with Gasteiger partial charge in [0.05, 0.1) is 24.7 Å². The van der Waals surface area contributed by atoms with Crippen molar-refractivity contribution in [2.75, 3.05) is 11.1 Å². The van der Waals surface area contributed by atoms with E-state index >= 15 is 0 Å². The van der Waals surface area contributed by atoms with Crippen molar-refractivity contribution in [3.63, 3.8) is 0 Å². The van der Waals surface area contributed by atoms with Crippen LogP contribution in [-0.2, 0) is 17.5 Å². The molecule has 1 aromatic carbocycles. The van der Waals surface area contributed by atoms with Crippen molar-refractivity contribution in [1.29, 1.82) is 0 Å². The fraction of sp³-hybridized carbons (Fsp3) is 0.182. The van der Waals surface area contributed by atoms with Crippen LogP contribution in [0, 0.1) is 5.82 Å². The van der Waals surface area contributed by atoms with Crippen LogP contribution in [0.2, 0.25) is 0 Å². The largest absolute Gasteiger partial charge is 0.463 e. The Labute approximate surface area is 195 Å². The zero-order valence-electron chi connectivity index (χ0n) is 17.4. The molecule has 12 heteroatoms. The number of hydrogen-bond acceptors (Lipinski definition) is 6. The predicted molar refractivity (Wildman–Crippen MR) is 116 cm³/mol. The number of carbonyl (C=O) groups excluding carboxylic acids is 1. The van der Waals surface area contributed by atoms with E-state index in [1.54, 1.807) is 29.1 Å². The summed E-state index contributed by atoms with van der Waals surface area (Å²) in [5.74, 6) is -0.325. The third kappa shape index (κ3) is 6.22. The van der Waals surface area contributed by atoms with E-state index < -0.39 is 11.9 Å². The molecule has 4 aromatic rings. The number of thioether (sulfide) groups is 1. The number of furan rings is 1. The number of hydrogen-bond donors (Lipinski definition) is 1. The van der Waals surface area contributed by atoms with Gasteiger partial charge in [-0.15, -0.1) is 0 Å². The van der Waals surface area contributed by atoms with Crippen LogP contribution in [0.25, 0.3) is 11.5 Å². The standard InChI is InChI=1S/C22H17F4N5O2S/c23-15-5-3-14(4-6-15)12-31-13-16(11-27-31)28-20(32)7-9-34-21-29-17(18-2-1-8-33-18)10-19(30-21)22(24,25)26/h1-6,8,10-11,13H,7,9,12H2,(H,28,32). The summed E-state index contributed by atoms with van der Waals surface area (Å²) in [6.45, 7) is 0.400. The highest BCUT2D eigenvalue weighted by Crippen LogP contribution is 2.32. The van der Waals surface area contributed by atoms with Gasteiger partial charge in [-0.1, -0.05) is 23.9 Å². The van der Waals surface area contributed by atoms with Crippen LogP contribution in [0.3, 0.4) is 0 Å². The van der Waals surface area contributed by atoms with E-state index in [1.807, 2.05) is 0 Å². The summed E-state index contributed by atoms with van der Waals surface area (Å²) < 4.78 is 59.4. The zero-order chi connectivity index (χ0) is 24.1. The first-order valence-corrected chi connectivity index (χ1v) is 10.9. The van der Waals surface area contributed by atoms with E-state index in [2.05, 4.69) is 20.4 Å². The molecule has 1 N–H and O–H groups in total. The molecule has 7 nitrogen and oxygen atoms in total. The molecule has 0 aliphatic carbocycles. The number of rotatable bonds is 8. The maximum atomic E-state index is 13.2. The Morgan fingerprint density at radius 2 is 1.94 bits per heavy atom. The van der Waals surface area contributed by atoms with Crippen molar-refractivity contribution >= 4 is 23.4 Å². The molecule has 0 radical (unpaired) electrons. The third-order valence-electron chi connectivity index (χ3n) is 4.50. The molecule has 1 amide bonds. The van der Waals surface area contributed by atoms with E-state index in [0.717, 1.165) is 23.4 Å². The first-order chi connectivity index (χ1) is 16.3. The number of aromatic nitrogens is 4. The number of benzene rings is 1. The molecule has 0 fully saturated rings. The van der Waals surface area contributed by atoms with Gasteiger partial charge in [-0.2, -0.15) is 18.3 Å². The minimum Gasteiger partial charge on any atom is -0.463 e. The van der Waals surface area contributed by atoms with Gasteiger partial charge in [-0.05, 0) is 35.9 Å². The first-order valence-electron chi connectivity index (χ1n) is 9.96. The van der Waals surface area contributed by atoms with Crippen molar-refractivity contribution in [2.45, 2.75) is 24.3 Å².